The van der Waals surface area contributed by atoms with Crippen LogP contribution in [-0.4, -0.2) is 96.7 Å². The molecule has 0 rings (SSSR count). The van der Waals surface area contributed by atoms with Crippen molar-refractivity contribution in [3.63, 3.8) is 0 Å². The summed E-state index contributed by atoms with van der Waals surface area (Å²) >= 11 is 0. The van der Waals surface area contributed by atoms with E-state index in [1.165, 1.54) is 231 Å². The fraction of sp³-hybridized carbons (Fsp3) is 0.952. The molecule has 0 amide bonds. The van der Waals surface area contributed by atoms with Crippen LogP contribution in [0.2, 0.25) is 0 Å². The number of hydrogen-bond acceptors (Lipinski definition) is 15. The van der Waals surface area contributed by atoms with E-state index in [1.807, 2.05) is 0 Å². The molecule has 0 aromatic rings. The molecule has 0 saturated carbocycles. The van der Waals surface area contributed by atoms with Crippen LogP contribution in [0.1, 0.15) is 434 Å². The fourth-order valence-electron chi connectivity index (χ4n) is 12.9. The van der Waals surface area contributed by atoms with Crippen LogP contribution in [0.25, 0.3) is 0 Å². The predicted molar refractivity (Wildman–Crippen MR) is 423 cm³/mol. The minimum atomic E-state index is -4.96. The first-order chi connectivity index (χ1) is 49.6. The van der Waals surface area contributed by atoms with Gasteiger partial charge in [-0.05, 0) is 49.4 Å². The van der Waals surface area contributed by atoms with Crippen LogP contribution in [0, 0.1) is 23.7 Å². The Morgan fingerprint density at radius 1 is 0.272 bits per heavy atom. The number of ether oxygens (including phenoxy) is 4. The number of carbonyl (C=O) groups excluding carboxylic acids is 4. The van der Waals surface area contributed by atoms with Crippen LogP contribution in [0.4, 0.5) is 0 Å². The van der Waals surface area contributed by atoms with E-state index in [0.29, 0.717) is 25.7 Å². The van der Waals surface area contributed by atoms with Gasteiger partial charge in [-0.15, -0.1) is 0 Å². The SMILES string of the molecule is CCC(C)CCCCCCCCC(=O)OC[C@H](COP(=O)(O)OC[C@H](O)COP(=O)(O)OC[C@@H](COC(=O)CCCCCCCCCCCCCCCCCCCCC(C)C)OC(=O)CCCCCCCCCCCCC(C)C)OC(=O)CCCCCCCCCCCCCCCCCCC(C)C. The molecule has 17 nitrogen and oxygen atoms in total. The average Bonchev–Trinajstić information content (AvgIpc) is 0.905. The fourth-order valence-corrected chi connectivity index (χ4v) is 14.5. The van der Waals surface area contributed by atoms with Crippen LogP contribution in [-0.2, 0) is 65.4 Å². The van der Waals surface area contributed by atoms with Crippen molar-refractivity contribution in [2.75, 3.05) is 39.6 Å². The lowest BCUT2D eigenvalue weighted by atomic mass is 10.00. The summed E-state index contributed by atoms with van der Waals surface area (Å²) in [6.07, 6.45) is 61.2. The Balaban J connectivity index is 5.18. The van der Waals surface area contributed by atoms with Crippen LogP contribution in [0.15, 0.2) is 0 Å². The van der Waals surface area contributed by atoms with E-state index in [9.17, 15) is 43.2 Å². The molecule has 19 heteroatoms. The summed E-state index contributed by atoms with van der Waals surface area (Å²) in [6.45, 7) is 14.3. The highest BCUT2D eigenvalue weighted by Crippen LogP contribution is 2.45. The van der Waals surface area contributed by atoms with E-state index >= 15 is 0 Å². The van der Waals surface area contributed by atoms with E-state index in [0.717, 1.165) is 120 Å². The van der Waals surface area contributed by atoms with E-state index in [4.69, 9.17) is 37.0 Å². The third-order valence-corrected chi connectivity index (χ3v) is 21.8. The number of aliphatic hydroxyl groups is 1. The minimum Gasteiger partial charge on any atom is -0.462 e. The number of carbonyl (C=O) groups is 4. The zero-order valence-corrected chi connectivity index (χ0v) is 69.7. The molecule has 0 aromatic carbocycles. The zero-order valence-electron chi connectivity index (χ0n) is 68.0. The van der Waals surface area contributed by atoms with Gasteiger partial charge in [-0.1, -0.05) is 383 Å². The van der Waals surface area contributed by atoms with Crippen LogP contribution >= 0.6 is 15.6 Å². The van der Waals surface area contributed by atoms with Crippen molar-refractivity contribution < 1.29 is 80.2 Å². The van der Waals surface area contributed by atoms with Gasteiger partial charge < -0.3 is 33.8 Å². The Hall–Kier alpha value is -1.94. The number of unbranched alkanes of at least 4 members (excludes halogenated alkanes) is 46. The van der Waals surface area contributed by atoms with Crippen molar-refractivity contribution in [2.45, 2.75) is 453 Å². The maximum Gasteiger partial charge on any atom is 0.472 e. The van der Waals surface area contributed by atoms with Crippen molar-refractivity contribution in [1.82, 2.24) is 0 Å². The minimum absolute atomic E-state index is 0.106. The third-order valence-electron chi connectivity index (χ3n) is 19.9. The van der Waals surface area contributed by atoms with E-state index < -0.39 is 97.5 Å². The Kier molecular flexibility index (Phi) is 71.5. The van der Waals surface area contributed by atoms with Gasteiger partial charge in [-0.2, -0.15) is 0 Å². The van der Waals surface area contributed by atoms with Crippen LogP contribution in [0.5, 0.6) is 0 Å². The number of phosphoric acid groups is 2. The monoisotopic (exact) mass is 1510 g/mol. The van der Waals surface area contributed by atoms with Crippen LogP contribution in [0.3, 0.4) is 0 Å². The predicted octanol–water partition coefficient (Wildman–Crippen LogP) is 25.2. The van der Waals surface area contributed by atoms with Crippen molar-refractivity contribution in [1.29, 1.82) is 0 Å². The van der Waals surface area contributed by atoms with Crippen molar-refractivity contribution in [3.8, 4) is 0 Å². The molecule has 0 fully saturated rings. The maximum atomic E-state index is 13.1. The Labute approximate surface area is 632 Å². The molecule has 0 heterocycles. The van der Waals surface area contributed by atoms with Crippen molar-refractivity contribution in [3.05, 3.63) is 0 Å². The average molecular weight is 1510 g/mol. The molecule has 3 unspecified atom stereocenters. The Morgan fingerprint density at radius 3 is 0.689 bits per heavy atom. The summed E-state index contributed by atoms with van der Waals surface area (Å²) in [7, 11) is -9.93. The van der Waals surface area contributed by atoms with E-state index in [-0.39, 0.29) is 25.7 Å². The lowest BCUT2D eigenvalue weighted by Crippen LogP contribution is -2.30. The van der Waals surface area contributed by atoms with Gasteiger partial charge in [-0.3, -0.25) is 37.3 Å². The number of phosphoric ester groups is 2. The summed E-state index contributed by atoms with van der Waals surface area (Å²) in [5, 5.41) is 10.7. The number of rotatable bonds is 81. The van der Waals surface area contributed by atoms with Gasteiger partial charge in [0, 0.05) is 25.7 Å². The molecule has 6 atom stereocenters. The second-order valence-corrected chi connectivity index (χ2v) is 34.8. The smallest absolute Gasteiger partial charge is 0.462 e. The summed E-state index contributed by atoms with van der Waals surface area (Å²) in [5.41, 5.74) is 0. The third kappa shape index (κ3) is 76.6. The van der Waals surface area contributed by atoms with Gasteiger partial charge in [0.2, 0.25) is 0 Å². The highest BCUT2D eigenvalue weighted by molar-refractivity contribution is 7.47. The van der Waals surface area contributed by atoms with Gasteiger partial charge in [0.15, 0.2) is 12.2 Å². The molecule has 0 aliphatic rings. The summed E-state index contributed by atoms with van der Waals surface area (Å²) in [5.74, 6) is 1.00. The van der Waals surface area contributed by atoms with Crippen molar-refractivity contribution >= 4 is 39.5 Å². The maximum absolute atomic E-state index is 13.1. The molecule has 0 saturated heterocycles. The molecule has 103 heavy (non-hydrogen) atoms. The lowest BCUT2D eigenvalue weighted by Gasteiger charge is -2.21. The molecule has 0 bridgehead atoms. The summed E-state index contributed by atoms with van der Waals surface area (Å²) < 4.78 is 68.8. The summed E-state index contributed by atoms with van der Waals surface area (Å²) in [6, 6.07) is 0. The molecule has 0 spiro atoms. The largest absolute Gasteiger partial charge is 0.472 e. The first-order valence-corrected chi connectivity index (χ1v) is 46.2. The van der Waals surface area contributed by atoms with Gasteiger partial charge >= 0.3 is 39.5 Å². The molecule has 0 aliphatic carbocycles. The molecular weight excluding hydrogens is 1340 g/mol. The normalized spacial score (nSPS) is 14.2. The molecule has 3 N–H and O–H groups in total. The Bertz CT molecular complexity index is 2010. The highest BCUT2D eigenvalue weighted by Gasteiger charge is 2.30. The van der Waals surface area contributed by atoms with Crippen molar-refractivity contribution in [2.24, 2.45) is 23.7 Å². The molecular formula is C84H164O17P2. The number of esters is 4. The molecule has 0 aliphatic heterocycles. The standard InChI is InChI=1S/C84H164O17P2/c1-9-77(8)63-55-47-42-43-49-57-65-82(87)95-71-80(101-83(88)66-58-50-40-34-27-23-19-15-14-17-21-25-31-37-45-53-61-75(4)5)73-99-103(92,93)97-69-78(85)68-96-102(90,91)98-72-79(100-84(89)67-59-51-41-35-29-28-32-38-46-54-62-76(6)7)70-94-81(86)64-56-48-39-33-26-22-18-13-11-10-12-16-20-24-30-36-44-52-60-74(2)3/h74-80,85H,9-73H2,1-8H3,(H,90,91)(H,92,93)/t77?,78-,79-,80-/m1/s1. The topological polar surface area (TPSA) is 237 Å². The molecule has 0 aromatic heterocycles. The van der Waals surface area contributed by atoms with Gasteiger partial charge in [0.25, 0.3) is 0 Å². The highest BCUT2D eigenvalue weighted by atomic mass is 31.2. The second kappa shape index (κ2) is 72.9. The van der Waals surface area contributed by atoms with E-state index in [2.05, 4.69) is 55.4 Å². The van der Waals surface area contributed by atoms with E-state index in [1.54, 1.807) is 0 Å². The van der Waals surface area contributed by atoms with Gasteiger partial charge in [-0.25, -0.2) is 9.13 Å². The molecule has 0 radical (unpaired) electrons. The van der Waals surface area contributed by atoms with Gasteiger partial charge in [0.05, 0.1) is 26.4 Å². The Morgan fingerprint density at radius 2 is 0.466 bits per heavy atom. The second-order valence-electron chi connectivity index (χ2n) is 31.9. The van der Waals surface area contributed by atoms with Crippen LogP contribution < -0.4 is 0 Å². The lowest BCUT2D eigenvalue weighted by molar-refractivity contribution is -0.161. The number of aliphatic hydroxyl groups excluding tert-OH is 1. The van der Waals surface area contributed by atoms with Gasteiger partial charge in [0.1, 0.15) is 19.3 Å². The first-order valence-electron chi connectivity index (χ1n) is 43.2. The zero-order chi connectivity index (χ0) is 76.0. The quantitative estimate of drug-likeness (QED) is 0.0222. The summed E-state index contributed by atoms with van der Waals surface area (Å²) in [4.78, 5) is 73.1. The number of hydrogen-bond donors (Lipinski definition) is 3. The first kappa shape index (κ1) is 101. The molecule has 612 valence electrons.